The summed E-state index contributed by atoms with van der Waals surface area (Å²) in [5, 5.41) is 0.0345. The van der Waals surface area contributed by atoms with E-state index in [0.29, 0.717) is 46.9 Å². The van der Waals surface area contributed by atoms with E-state index < -0.39 is 17.3 Å². The van der Waals surface area contributed by atoms with E-state index >= 15 is 8.78 Å². The molecule has 13 heteroatoms. The average molecular weight is 672 g/mol. The van der Waals surface area contributed by atoms with Gasteiger partial charge in [0.05, 0.1) is 49.0 Å². The molecule has 2 aliphatic heterocycles. The summed E-state index contributed by atoms with van der Waals surface area (Å²) in [5.41, 5.74) is 7.16. The smallest absolute Gasteiger partial charge is 0.354 e. The summed E-state index contributed by atoms with van der Waals surface area (Å²) in [6, 6.07) is 3.80. The minimum Gasteiger partial charge on any atom is -0.397 e. The molecule has 2 N–H and O–H groups in total. The number of nitrogens with two attached hydrogens (primary N) is 1. The van der Waals surface area contributed by atoms with Gasteiger partial charge in [-0.05, 0) is 49.6 Å². The highest BCUT2D eigenvalue weighted by molar-refractivity contribution is 7.99. The van der Waals surface area contributed by atoms with Gasteiger partial charge < -0.3 is 15.5 Å². The number of fused-ring (bicyclic) bond motifs is 2. The highest BCUT2D eigenvalue weighted by atomic mass is 35.5. The van der Waals surface area contributed by atoms with Crippen molar-refractivity contribution in [3.8, 4) is 16.8 Å². The van der Waals surface area contributed by atoms with Gasteiger partial charge in [0.2, 0.25) is 5.91 Å². The zero-order valence-electron chi connectivity index (χ0n) is 25.0. The Balaban J connectivity index is 1.76. The minimum atomic E-state index is -0.934. The summed E-state index contributed by atoms with van der Waals surface area (Å²) in [5.74, 6) is -1.33. The lowest BCUT2D eigenvalue weighted by molar-refractivity contribution is -0.127. The molecule has 2 aliphatic rings. The van der Waals surface area contributed by atoms with Crippen molar-refractivity contribution in [3.05, 3.63) is 80.5 Å². The number of piperazine rings is 1. The number of amides is 1. The van der Waals surface area contributed by atoms with Gasteiger partial charge in [-0.25, -0.2) is 13.6 Å². The number of pyridine rings is 1. The van der Waals surface area contributed by atoms with Crippen molar-refractivity contribution < 1.29 is 13.6 Å². The first-order valence-electron chi connectivity index (χ1n) is 14.4. The van der Waals surface area contributed by atoms with Crippen molar-refractivity contribution in [2.75, 3.05) is 29.5 Å². The second kappa shape index (κ2) is 11.6. The second-order valence-corrected chi connectivity index (χ2v) is 13.5. The van der Waals surface area contributed by atoms with Crippen LogP contribution in [0.3, 0.4) is 0 Å². The number of rotatable bonds is 4. The van der Waals surface area contributed by atoms with Crippen molar-refractivity contribution in [2.24, 2.45) is 0 Å². The largest absolute Gasteiger partial charge is 0.397 e. The molecule has 2 unspecified atom stereocenters. The first kappa shape index (κ1) is 31.3. The Kier molecular flexibility index (Phi) is 8.07. The fraction of sp³-hybridized carbons (Fsp3) is 0.312. The number of aromatic nitrogens is 3. The number of carbonyl (C=O) groups is 1. The predicted molar refractivity (Wildman–Crippen MR) is 177 cm³/mol. The van der Waals surface area contributed by atoms with Crippen LogP contribution in [-0.2, 0) is 4.79 Å². The lowest BCUT2D eigenvalue weighted by atomic mass is 9.98. The number of benzene rings is 2. The summed E-state index contributed by atoms with van der Waals surface area (Å²) in [6.07, 6.45) is 2.94. The Bertz CT molecular complexity index is 1960. The molecule has 0 bridgehead atoms. The number of anilines is 2. The van der Waals surface area contributed by atoms with Gasteiger partial charge in [0.15, 0.2) is 5.82 Å². The van der Waals surface area contributed by atoms with Crippen molar-refractivity contribution in [1.82, 2.24) is 19.4 Å². The van der Waals surface area contributed by atoms with E-state index in [9.17, 15) is 9.59 Å². The van der Waals surface area contributed by atoms with Crippen LogP contribution in [0.4, 0.5) is 20.3 Å². The topological polar surface area (TPSA) is 97.4 Å². The number of nitrogen functional groups attached to an aromatic ring is 1. The highest BCUT2D eigenvalue weighted by Crippen LogP contribution is 2.48. The first-order valence-corrected chi connectivity index (χ1v) is 16.1. The van der Waals surface area contributed by atoms with Crippen LogP contribution in [0.5, 0.6) is 0 Å². The van der Waals surface area contributed by atoms with Gasteiger partial charge in [-0.15, -0.1) is 11.8 Å². The molecule has 4 aromatic rings. The number of halogens is 4. The van der Waals surface area contributed by atoms with E-state index in [1.807, 2.05) is 32.6 Å². The van der Waals surface area contributed by atoms with Crippen LogP contribution in [-0.4, -0.2) is 56.3 Å². The van der Waals surface area contributed by atoms with Crippen LogP contribution in [0.1, 0.15) is 37.9 Å². The monoisotopic (exact) mass is 670 g/mol. The van der Waals surface area contributed by atoms with E-state index in [1.54, 1.807) is 17.2 Å². The van der Waals surface area contributed by atoms with E-state index in [0.717, 1.165) is 5.56 Å². The summed E-state index contributed by atoms with van der Waals surface area (Å²) < 4.78 is 34.0. The number of nitrogens with zero attached hydrogens (tertiary/aromatic N) is 5. The molecular formula is C32H30Cl2F2N6O2S. The summed E-state index contributed by atoms with van der Waals surface area (Å²) >= 11 is 13.7. The van der Waals surface area contributed by atoms with Gasteiger partial charge >= 0.3 is 5.69 Å². The van der Waals surface area contributed by atoms with Crippen LogP contribution in [0.15, 0.2) is 46.7 Å². The Labute approximate surface area is 272 Å². The number of thioether (sulfide) groups is 1. The number of hydrogen-bond donors (Lipinski definition) is 1. The van der Waals surface area contributed by atoms with E-state index in [4.69, 9.17) is 28.9 Å². The molecule has 45 heavy (non-hydrogen) atoms. The first-order chi connectivity index (χ1) is 21.3. The summed E-state index contributed by atoms with van der Waals surface area (Å²) in [7, 11) is 0. The van der Waals surface area contributed by atoms with Gasteiger partial charge in [-0.2, -0.15) is 4.98 Å². The zero-order valence-corrected chi connectivity index (χ0v) is 27.3. The van der Waals surface area contributed by atoms with Crippen LogP contribution in [0, 0.1) is 18.6 Å². The zero-order chi connectivity index (χ0) is 32.5. The van der Waals surface area contributed by atoms with Crippen LogP contribution >= 0.6 is 35.0 Å². The third-order valence-electron chi connectivity index (χ3n) is 8.40. The SMILES string of the molecule is C=CC(=O)N1CC(C)N2c3nc(=O)n(-c4c(C)ccnc4C(C)C)c4cc(-c5c(N)c(Cl)cc(Cl)c5F)c(F)c(c34)SCC2C1. The molecular weight excluding hydrogens is 641 g/mol. The predicted octanol–water partition coefficient (Wildman–Crippen LogP) is 6.74. The third-order valence-corrected chi connectivity index (χ3v) is 10.2. The maximum Gasteiger partial charge on any atom is 0.354 e. The van der Waals surface area contributed by atoms with Crippen molar-refractivity contribution in [1.29, 1.82) is 0 Å². The van der Waals surface area contributed by atoms with Gasteiger partial charge in [0.1, 0.15) is 11.6 Å². The summed E-state index contributed by atoms with van der Waals surface area (Å²) in [4.78, 5) is 39.9. The number of aryl methyl sites for hydroxylation is 1. The fourth-order valence-electron chi connectivity index (χ4n) is 6.38. The highest BCUT2D eigenvalue weighted by Gasteiger charge is 2.40. The number of hydrogen-bond acceptors (Lipinski definition) is 7. The van der Waals surface area contributed by atoms with E-state index in [2.05, 4.69) is 16.5 Å². The number of carbonyl (C=O) groups excluding carboxylic acids is 1. The van der Waals surface area contributed by atoms with Gasteiger partial charge in [0, 0.05) is 42.2 Å². The minimum absolute atomic E-state index is 0.0367. The van der Waals surface area contributed by atoms with Crippen molar-refractivity contribution in [2.45, 2.75) is 50.6 Å². The summed E-state index contributed by atoms with van der Waals surface area (Å²) in [6.45, 7) is 12.0. The van der Waals surface area contributed by atoms with Crippen molar-refractivity contribution in [3.63, 3.8) is 0 Å². The maximum atomic E-state index is 16.9. The third kappa shape index (κ3) is 4.96. The molecule has 0 saturated carbocycles. The molecule has 1 amide bonds. The molecule has 0 radical (unpaired) electrons. The second-order valence-electron chi connectivity index (χ2n) is 11.6. The van der Waals surface area contributed by atoms with Crippen molar-refractivity contribution >= 4 is 63.3 Å². The molecule has 234 valence electrons. The van der Waals surface area contributed by atoms with Gasteiger partial charge in [-0.1, -0.05) is 43.6 Å². The lowest BCUT2D eigenvalue weighted by Gasteiger charge is -2.45. The Morgan fingerprint density at radius 3 is 2.62 bits per heavy atom. The molecule has 2 aromatic carbocycles. The Morgan fingerprint density at radius 1 is 1.20 bits per heavy atom. The average Bonchev–Trinajstić information content (AvgIpc) is 3.16. The Morgan fingerprint density at radius 2 is 1.93 bits per heavy atom. The quantitative estimate of drug-likeness (QED) is 0.146. The molecule has 2 aromatic heterocycles. The molecule has 2 atom stereocenters. The normalized spacial score (nSPS) is 17.9. The lowest BCUT2D eigenvalue weighted by Crippen LogP contribution is -2.60. The standard InChI is InChI=1S/C32H30Cl2F2N6O2S/c1-6-22(43)40-11-16(5)41-17(12-40)13-45-30-24-21(9-18(25(30)35)23-26(36)19(33)10-20(34)27(23)37)42(32(44)39-31(24)41)29-15(4)7-8-38-28(29)14(2)3/h6-10,14,16-17H,1,11-13,37H2,2-5H3. The molecule has 0 spiro atoms. The van der Waals surface area contributed by atoms with Crippen LogP contribution in [0.25, 0.3) is 27.7 Å². The molecule has 1 fully saturated rings. The molecule has 0 aliphatic carbocycles. The Hall–Kier alpha value is -3.67. The molecule has 1 saturated heterocycles. The van der Waals surface area contributed by atoms with Gasteiger partial charge in [0.25, 0.3) is 0 Å². The van der Waals surface area contributed by atoms with E-state index in [-0.39, 0.29) is 55.7 Å². The van der Waals surface area contributed by atoms with Crippen LogP contribution < -0.4 is 16.3 Å². The van der Waals surface area contributed by atoms with Crippen LogP contribution in [0.2, 0.25) is 10.0 Å². The molecule has 4 heterocycles. The molecule has 8 nitrogen and oxygen atoms in total. The maximum absolute atomic E-state index is 16.9. The van der Waals surface area contributed by atoms with Gasteiger partial charge in [-0.3, -0.25) is 14.3 Å². The van der Waals surface area contributed by atoms with E-state index in [1.165, 1.54) is 34.5 Å². The molecule has 6 rings (SSSR count). The fourth-order valence-corrected chi connectivity index (χ4v) is 8.04.